The summed E-state index contributed by atoms with van der Waals surface area (Å²) in [5.41, 5.74) is 1.07. The van der Waals surface area contributed by atoms with Gasteiger partial charge in [-0.25, -0.2) is 0 Å². The van der Waals surface area contributed by atoms with Crippen molar-refractivity contribution >= 4 is 0 Å². The van der Waals surface area contributed by atoms with Crippen molar-refractivity contribution in [3.63, 3.8) is 0 Å². The zero-order valence-corrected chi connectivity index (χ0v) is 11.7. The van der Waals surface area contributed by atoms with E-state index in [4.69, 9.17) is 0 Å². The van der Waals surface area contributed by atoms with Gasteiger partial charge < -0.3 is 10.4 Å². The summed E-state index contributed by atoms with van der Waals surface area (Å²) in [5.74, 6) is 1.13. The molecule has 1 atom stereocenters. The van der Waals surface area contributed by atoms with Gasteiger partial charge in [0.25, 0.3) is 0 Å². The van der Waals surface area contributed by atoms with E-state index in [0.717, 1.165) is 31.1 Å². The van der Waals surface area contributed by atoms with Crippen molar-refractivity contribution < 1.29 is 5.11 Å². The summed E-state index contributed by atoms with van der Waals surface area (Å²) in [6, 6.07) is 5.97. The molecular weight excluding hydrogens is 236 g/mol. The van der Waals surface area contributed by atoms with Gasteiger partial charge in [-0.3, -0.25) is 4.98 Å². The molecule has 1 saturated carbocycles. The van der Waals surface area contributed by atoms with Crippen molar-refractivity contribution in [2.45, 2.75) is 38.5 Å². The lowest BCUT2D eigenvalue weighted by atomic mass is 9.89. The minimum Gasteiger partial charge on any atom is -0.396 e. The van der Waals surface area contributed by atoms with Crippen LogP contribution in [0.1, 0.15) is 37.8 Å². The Morgan fingerprint density at radius 1 is 1.26 bits per heavy atom. The Morgan fingerprint density at radius 3 is 2.79 bits per heavy atom. The molecule has 0 amide bonds. The van der Waals surface area contributed by atoms with Gasteiger partial charge >= 0.3 is 0 Å². The van der Waals surface area contributed by atoms with Crippen LogP contribution in [0.4, 0.5) is 0 Å². The minimum atomic E-state index is 0.230. The first-order valence-electron chi connectivity index (χ1n) is 7.60. The van der Waals surface area contributed by atoms with E-state index in [1.54, 1.807) is 0 Å². The first-order valence-corrected chi connectivity index (χ1v) is 7.60. The molecule has 1 unspecified atom stereocenters. The quantitative estimate of drug-likeness (QED) is 0.793. The van der Waals surface area contributed by atoms with E-state index >= 15 is 0 Å². The Morgan fingerprint density at radius 2 is 2.11 bits per heavy atom. The first kappa shape index (κ1) is 14.5. The highest BCUT2D eigenvalue weighted by molar-refractivity contribution is 5.04. The highest BCUT2D eigenvalue weighted by atomic mass is 16.3. The molecule has 2 rings (SSSR count). The molecule has 1 aliphatic carbocycles. The van der Waals surface area contributed by atoms with Crippen LogP contribution in [-0.4, -0.2) is 29.8 Å². The van der Waals surface area contributed by atoms with Crippen LogP contribution in [0.2, 0.25) is 0 Å². The van der Waals surface area contributed by atoms with Gasteiger partial charge in [0.15, 0.2) is 0 Å². The number of hydrogen-bond donors (Lipinski definition) is 2. The summed E-state index contributed by atoms with van der Waals surface area (Å²) < 4.78 is 0. The number of aliphatic hydroxyl groups is 1. The minimum absolute atomic E-state index is 0.230. The highest BCUT2D eigenvalue weighted by Crippen LogP contribution is 2.22. The summed E-state index contributed by atoms with van der Waals surface area (Å²) in [6.45, 7) is 2.23. The molecule has 3 nitrogen and oxygen atoms in total. The third-order valence-corrected chi connectivity index (χ3v) is 4.07. The zero-order valence-electron chi connectivity index (χ0n) is 11.7. The second kappa shape index (κ2) is 8.28. The molecular formula is C16H26N2O. The van der Waals surface area contributed by atoms with Crippen molar-refractivity contribution in [3.05, 3.63) is 30.1 Å². The van der Waals surface area contributed by atoms with Gasteiger partial charge in [0.2, 0.25) is 0 Å². The lowest BCUT2D eigenvalue weighted by molar-refractivity contribution is 0.217. The fourth-order valence-electron chi connectivity index (χ4n) is 2.90. The highest BCUT2D eigenvalue weighted by Gasteiger charge is 2.14. The average Bonchev–Trinajstić information content (AvgIpc) is 2.48. The third-order valence-electron chi connectivity index (χ3n) is 4.07. The summed E-state index contributed by atoms with van der Waals surface area (Å²) in [4.78, 5) is 4.33. The van der Waals surface area contributed by atoms with Gasteiger partial charge in [-0.2, -0.15) is 0 Å². The first-order chi connectivity index (χ1) is 9.38. The molecule has 1 heterocycles. The molecule has 0 spiro atoms. The predicted molar refractivity (Wildman–Crippen MR) is 78.0 cm³/mol. The molecule has 1 fully saturated rings. The van der Waals surface area contributed by atoms with E-state index in [-0.39, 0.29) is 12.5 Å². The molecule has 2 N–H and O–H groups in total. The number of nitrogens with zero attached hydrogens (tertiary/aromatic N) is 1. The molecule has 0 radical (unpaired) electrons. The van der Waals surface area contributed by atoms with Crippen LogP contribution >= 0.6 is 0 Å². The number of nitrogens with one attached hydrogen (secondary N) is 1. The predicted octanol–water partition coefficient (Wildman–Crippen LogP) is 2.40. The van der Waals surface area contributed by atoms with Gasteiger partial charge in [-0.15, -0.1) is 0 Å². The van der Waals surface area contributed by atoms with Gasteiger partial charge in [-0.05, 0) is 49.8 Å². The number of rotatable bonds is 7. The molecule has 0 aliphatic heterocycles. The summed E-state index contributed by atoms with van der Waals surface area (Å²) >= 11 is 0. The monoisotopic (exact) mass is 262 g/mol. The van der Waals surface area contributed by atoms with Crippen LogP contribution < -0.4 is 5.32 Å². The van der Waals surface area contributed by atoms with E-state index in [2.05, 4.69) is 10.3 Å². The lowest BCUT2D eigenvalue weighted by Crippen LogP contribution is -2.31. The maximum atomic E-state index is 9.46. The Bertz CT molecular complexity index is 336. The van der Waals surface area contributed by atoms with Gasteiger partial charge in [-0.1, -0.05) is 25.3 Å². The van der Waals surface area contributed by atoms with Gasteiger partial charge in [0, 0.05) is 25.0 Å². The van der Waals surface area contributed by atoms with E-state index in [1.807, 2.05) is 24.4 Å². The maximum absolute atomic E-state index is 9.46. The summed E-state index contributed by atoms with van der Waals surface area (Å²) in [6.07, 6.45) is 9.62. The fraction of sp³-hybridized carbons (Fsp3) is 0.688. The summed E-state index contributed by atoms with van der Waals surface area (Å²) in [5, 5.41) is 13.0. The van der Waals surface area contributed by atoms with Crippen molar-refractivity contribution in [2.24, 2.45) is 11.8 Å². The molecule has 0 saturated heterocycles. The number of hydrogen-bond acceptors (Lipinski definition) is 3. The lowest BCUT2D eigenvalue weighted by Gasteiger charge is -2.23. The molecule has 1 aliphatic rings. The molecule has 0 bridgehead atoms. The molecule has 19 heavy (non-hydrogen) atoms. The third kappa shape index (κ3) is 5.29. The van der Waals surface area contributed by atoms with Crippen molar-refractivity contribution in [1.29, 1.82) is 0 Å². The van der Waals surface area contributed by atoms with Crippen LogP contribution in [0.5, 0.6) is 0 Å². The van der Waals surface area contributed by atoms with E-state index in [9.17, 15) is 5.11 Å². The van der Waals surface area contributed by atoms with Crippen LogP contribution in [0.3, 0.4) is 0 Å². The van der Waals surface area contributed by atoms with E-state index in [1.165, 1.54) is 32.1 Å². The Labute approximate surface area is 116 Å². The van der Waals surface area contributed by atoms with Crippen molar-refractivity contribution in [1.82, 2.24) is 10.3 Å². The largest absolute Gasteiger partial charge is 0.396 e. The maximum Gasteiger partial charge on any atom is 0.0475 e. The Balaban J connectivity index is 1.67. The second-order valence-corrected chi connectivity index (χ2v) is 5.74. The molecule has 0 aromatic carbocycles. The Hall–Kier alpha value is -0.930. The van der Waals surface area contributed by atoms with Crippen LogP contribution in [0.25, 0.3) is 0 Å². The van der Waals surface area contributed by atoms with Crippen LogP contribution in [0.15, 0.2) is 24.4 Å². The SMILES string of the molecule is OCC(CNCC1CCCCC1)Cc1ccccn1. The number of pyridine rings is 1. The van der Waals surface area contributed by atoms with Gasteiger partial charge in [0.05, 0.1) is 0 Å². The smallest absolute Gasteiger partial charge is 0.0475 e. The van der Waals surface area contributed by atoms with Crippen LogP contribution in [0, 0.1) is 11.8 Å². The fourth-order valence-corrected chi connectivity index (χ4v) is 2.90. The summed E-state index contributed by atoms with van der Waals surface area (Å²) in [7, 11) is 0. The van der Waals surface area contributed by atoms with E-state index in [0.29, 0.717) is 0 Å². The molecule has 3 heteroatoms. The van der Waals surface area contributed by atoms with Gasteiger partial charge in [0.1, 0.15) is 0 Å². The average molecular weight is 262 g/mol. The van der Waals surface area contributed by atoms with E-state index < -0.39 is 0 Å². The van der Waals surface area contributed by atoms with Crippen molar-refractivity contribution in [2.75, 3.05) is 19.7 Å². The topological polar surface area (TPSA) is 45.1 Å². The standard InChI is InChI=1S/C16H26N2O/c19-13-15(10-16-8-4-5-9-18-16)12-17-11-14-6-2-1-3-7-14/h4-5,8-9,14-15,17,19H,1-3,6-7,10-13H2. The molecule has 1 aromatic heterocycles. The normalized spacial score (nSPS) is 18.4. The molecule has 1 aromatic rings. The number of aromatic nitrogens is 1. The molecule has 106 valence electrons. The second-order valence-electron chi connectivity index (χ2n) is 5.74. The van der Waals surface area contributed by atoms with Crippen LogP contribution in [-0.2, 0) is 6.42 Å². The Kier molecular flexibility index (Phi) is 6.31. The zero-order chi connectivity index (χ0) is 13.3. The number of aliphatic hydroxyl groups excluding tert-OH is 1. The van der Waals surface area contributed by atoms with Crippen molar-refractivity contribution in [3.8, 4) is 0 Å².